The maximum Gasteiger partial charge on any atom is 0.416 e. The lowest BCUT2D eigenvalue weighted by atomic mass is 9.94. The first kappa shape index (κ1) is 24.5. The van der Waals surface area contributed by atoms with Crippen molar-refractivity contribution >= 4 is 28.9 Å². The van der Waals surface area contributed by atoms with Crippen molar-refractivity contribution in [2.45, 2.75) is 51.2 Å². The van der Waals surface area contributed by atoms with Gasteiger partial charge in [-0.15, -0.1) is 0 Å². The monoisotopic (exact) mass is 493 g/mol. The summed E-state index contributed by atoms with van der Waals surface area (Å²) in [6, 6.07) is 2.96. The fourth-order valence-corrected chi connectivity index (χ4v) is 4.75. The van der Waals surface area contributed by atoms with Crippen molar-refractivity contribution in [3.8, 4) is 0 Å². The molecule has 1 unspecified atom stereocenters. The lowest BCUT2D eigenvalue weighted by Crippen LogP contribution is -2.17. The van der Waals surface area contributed by atoms with Gasteiger partial charge in [-0.05, 0) is 87.1 Å². The molecule has 2 aromatic rings. The third-order valence-corrected chi connectivity index (χ3v) is 6.52. The molecular weight excluding hydrogens is 467 g/mol. The summed E-state index contributed by atoms with van der Waals surface area (Å²) in [5.41, 5.74) is 7.78. The predicted molar refractivity (Wildman–Crippen MR) is 126 cm³/mol. The summed E-state index contributed by atoms with van der Waals surface area (Å²) in [6.45, 7) is 3.50. The smallest absolute Gasteiger partial charge is 0.399 e. The minimum absolute atomic E-state index is 0.0184. The van der Waals surface area contributed by atoms with Gasteiger partial charge in [0.2, 0.25) is 5.28 Å². The Morgan fingerprint density at radius 2 is 2.03 bits per heavy atom. The highest BCUT2D eigenvalue weighted by Gasteiger charge is 2.32. The molecule has 0 amide bonds. The van der Waals surface area contributed by atoms with E-state index in [0.29, 0.717) is 24.2 Å². The van der Waals surface area contributed by atoms with E-state index in [4.69, 9.17) is 17.3 Å². The summed E-state index contributed by atoms with van der Waals surface area (Å²) < 4.78 is 39.7. The van der Waals surface area contributed by atoms with Gasteiger partial charge in [-0.25, -0.2) is 9.97 Å². The fourth-order valence-electron chi connectivity index (χ4n) is 4.56. The van der Waals surface area contributed by atoms with Gasteiger partial charge >= 0.3 is 6.18 Å². The summed E-state index contributed by atoms with van der Waals surface area (Å²) in [4.78, 5) is 21.4. The molecule has 1 saturated heterocycles. The molecule has 0 spiro atoms. The molecule has 0 saturated carbocycles. The Hall–Kier alpha value is -2.65. The van der Waals surface area contributed by atoms with Crippen molar-refractivity contribution in [1.82, 2.24) is 15.3 Å². The highest BCUT2D eigenvalue weighted by atomic mass is 35.5. The fraction of sp³-hybridized carbons (Fsp3) is 0.458. The minimum atomic E-state index is -4.50. The predicted octanol–water partition coefficient (Wildman–Crippen LogP) is 4.89. The number of nitrogens with zero attached hydrogens (tertiary/aromatic N) is 2. The molecule has 1 aliphatic heterocycles. The first-order valence-electron chi connectivity index (χ1n) is 11.3. The molecule has 1 aliphatic carbocycles. The van der Waals surface area contributed by atoms with Crippen LogP contribution in [0.15, 0.2) is 29.8 Å². The average molecular weight is 494 g/mol. The number of fused-ring (bicyclic) bond motifs is 1. The summed E-state index contributed by atoms with van der Waals surface area (Å²) in [7, 11) is 0. The van der Waals surface area contributed by atoms with E-state index in [1.54, 1.807) is 13.0 Å². The molecule has 1 aromatic carbocycles. The number of benzene rings is 1. The average Bonchev–Trinajstić information content (AvgIpc) is 2.96. The Morgan fingerprint density at radius 3 is 2.79 bits per heavy atom. The number of halogens is 4. The van der Waals surface area contributed by atoms with Crippen LogP contribution < -0.4 is 16.4 Å². The van der Waals surface area contributed by atoms with Crippen LogP contribution in [0.5, 0.6) is 0 Å². The zero-order chi connectivity index (χ0) is 24.5. The number of allylic oxidation sites excluding steroid dienone is 2. The van der Waals surface area contributed by atoms with Crippen molar-refractivity contribution < 1.29 is 18.0 Å². The van der Waals surface area contributed by atoms with E-state index < -0.39 is 17.8 Å². The quantitative estimate of drug-likeness (QED) is 0.312. The van der Waals surface area contributed by atoms with Gasteiger partial charge in [-0.3, -0.25) is 4.79 Å². The minimum Gasteiger partial charge on any atom is -0.399 e. The second-order valence-corrected chi connectivity index (χ2v) is 9.29. The van der Waals surface area contributed by atoms with Gasteiger partial charge in [0.1, 0.15) is 5.82 Å². The Labute approximate surface area is 201 Å². The summed E-state index contributed by atoms with van der Waals surface area (Å²) in [5.74, 6) is 0.603. The van der Waals surface area contributed by atoms with Crippen molar-refractivity contribution in [2.24, 2.45) is 5.92 Å². The molecule has 34 heavy (non-hydrogen) atoms. The lowest BCUT2D eigenvalue weighted by Gasteiger charge is -2.19. The zero-order valence-electron chi connectivity index (χ0n) is 18.8. The van der Waals surface area contributed by atoms with Gasteiger partial charge < -0.3 is 16.4 Å². The molecule has 2 heterocycles. The maximum atomic E-state index is 13.2. The zero-order valence-corrected chi connectivity index (χ0v) is 19.6. The normalized spacial score (nSPS) is 20.6. The van der Waals surface area contributed by atoms with E-state index >= 15 is 0 Å². The van der Waals surface area contributed by atoms with Crippen LogP contribution in [-0.4, -0.2) is 28.8 Å². The van der Waals surface area contributed by atoms with Crippen LogP contribution in [0.4, 0.5) is 24.7 Å². The van der Waals surface area contributed by atoms with Crippen molar-refractivity contribution in [3.05, 3.63) is 57.5 Å². The first-order valence-corrected chi connectivity index (χ1v) is 11.7. The van der Waals surface area contributed by atoms with E-state index in [2.05, 4.69) is 20.6 Å². The molecule has 0 radical (unpaired) electrons. The van der Waals surface area contributed by atoms with E-state index in [0.717, 1.165) is 61.3 Å². The molecule has 1 fully saturated rings. The number of rotatable bonds is 5. The van der Waals surface area contributed by atoms with Gasteiger partial charge in [0, 0.05) is 23.6 Å². The number of hydrogen-bond acceptors (Lipinski definition) is 6. The number of anilines is 2. The topological polar surface area (TPSA) is 92.9 Å². The van der Waals surface area contributed by atoms with Gasteiger partial charge in [0.25, 0.3) is 0 Å². The van der Waals surface area contributed by atoms with Gasteiger partial charge in [0.15, 0.2) is 5.78 Å². The van der Waals surface area contributed by atoms with Crippen LogP contribution in [0.3, 0.4) is 0 Å². The molecule has 182 valence electrons. The lowest BCUT2D eigenvalue weighted by molar-refractivity contribution is -0.137. The second-order valence-electron chi connectivity index (χ2n) is 8.95. The van der Waals surface area contributed by atoms with Gasteiger partial charge in [0.05, 0.1) is 17.3 Å². The van der Waals surface area contributed by atoms with Crippen LogP contribution in [-0.2, 0) is 23.8 Å². The SMILES string of the molecule is C[C@@H](Nc1nc(Cl)nc2c1CC(=CC(=O)C1CCCNCC1)C2)c1cc(N)cc(C(F)(F)F)c1. The summed E-state index contributed by atoms with van der Waals surface area (Å²) >= 11 is 6.14. The second kappa shape index (κ2) is 9.92. The van der Waals surface area contributed by atoms with Crippen molar-refractivity contribution in [1.29, 1.82) is 0 Å². The molecule has 2 atom stereocenters. The molecule has 6 nitrogen and oxygen atoms in total. The highest BCUT2D eigenvalue weighted by Crippen LogP contribution is 2.36. The maximum absolute atomic E-state index is 13.2. The van der Waals surface area contributed by atoms with Crippen molar-refractivity contribution in [2.75, 3.05) is 24.1 Å². The van der Waals surface area contributed by atoms with Crippen LogP contribution >= 0.6 is 11.6 Å². The third kappa shape index (κ3) is 5.70. The van der Waals surface area contributed by atoms with Crippen LogP contribution in [0, 0.1) is 5.92 Å². The van der Waals surface area contributed by atoms with Crippen molar-refractivity contribution in [3.63, 3.8) is 0 Å². The molecule has 4 rings (SSSR count). The number of carbonyl (C=O) groups is 1. The Morgan fingerprint density at radius 1 is 1.24 bits per heavy atom. The number of nitrogens with one attached hydrogen (secondary N) is 2. The number of nitrogen functional groups attached to an aromatic ring is 1. The molecule has 0 bridgehead atoms. The number of alkyl halides is 3. The molecule has 1 aromatic heterocycles. The van der Waals surface area contributed by atoms with E-state index in [9.17, 15) is 18.0 Å². The standard InChI is InChI=1S/C24H27ClF3N5O/c1-13(16-10-17(24(26,27)28)12-18(29)11-16)31-22-19-7-14(8-20(19)32-23(25)33-22)9-21(34)15-3-2-5-30-6-4-15/h9-13,15,30H,2-8,29H2,1H3,(H,31,32,33)/t13-,15?/m1/s1. The summed E-state index contributed by atoms with van der Waals surface area (Å²) in [6.07, 6.45) is 0.892. The first-order chi connectivity index (χ1) is 16.1. The van der Waals surface area contributed by atoms with Gasteiger partial charge in [-0.2, -0.15) is 13.2 Å². The van der Waals surface area contributed by atoms with Gasteiger partial charge in [-0.1, -0.05) is 5.57 Å². The number of carbonyl (C=O) groups excluding carboxylic acids is 1. The Kier molecular flexibility index (Phi) is 7.14. The highest BCUT2D eigenvalue weighted by molar-refractivity contribution is 6.28. The third-order valence-electron chi connectivity index (χ3n) is 6.35. The molecular formula is C24H27ClF3N5O. The number of aromatic nitrogens is 2. The Bertz CT molecular complexity index is 1110. The van der Waals surface area contributed by atoms with Crippen LogP contribution in [0.2, 0.25) is 5.28 Å². The Balaban J connectivity index is 1.54. The van der Waals surface area contributed by atoms with E-state index in [1.165, 1.54) is 6.07 Å². The van der Waals surface area contributed by atoms with Crippen LogP contribution in [0.1, 0.15) is 54.6 Å². The largest absolute Gasteiger partial charge is 0.416 e. The molecule has 10 heteroatoms. The van der Waals surface area contributed by atoms with Crippen LogP contribution in [0.25, 0.3) is 0 Å². The molecule has 4 N–H and O–H groups in total. The number of hydrogen-bond donors (Lipinski definition) is 3. The summed E-state index contributed by atoms with van der Waals surface area (Å²) in [5, 5.41) is 6.53. The number of ketones is 1. The van der Waals surface area contributed by atoms with E-state index in [1.807, 2.05) is 0 Å². The number of nitrogens with two attached hydrogens (primary N) is 1. The van der Waals surface area contributed by atoms with E-state index in [-0.39, 0.29) is 22.7 Å². The molecule has 2 aliphatic rings.